The zero-order chi connectivity index (χ0) is 22.3. The number of amides is 1. The molecule has 1 atom stereocenters. The molecule has 3 nitrogen and oxygen atoms in total. The van der Waals surface area contributed by atoms with E-state index in [1.165, 1.54) is 10.9 Å². The Morgan fingerprint density at radius 3 is 2.38 bits per heavy atom. The summed E-state index contributed by atoms with van der Waals surface area (Å²) in [7, 11) is 2.03. The Labute approximate surface area is 194 Å². The van der Waals surface area contributed by atoms with Gasteiger partial charge >= 0.3 is 0 Å². The molecular formula is C28H27ClN2O. The summed E-state index contributed by atoms with van der Waals surface area (Å²) >= 11 is 6.17. The first-order valence-corrected chi connectivity index (χ1v) is 11.2. The Bertz CT molecular complexity index is 1190. The van der Waals surface area contributed by atoms with Crippen molar-refractivity contribution in [3.8, 4) is 0 Å². The highest BCUT2D eigenvalue weighted by Crippen LogP contribution is 2.19. The second-order valence-electron chi connectivity index (χ2n) is 8.17. The van der Waals surface area contributed by atoms with E-state index in [4.69, 9.17) is 11.6 Å². The quantitative estimate of drug-likeness (QED) is 0.368. The molecule has 4 rings (SSSR count). The van der Waals surface area contributed by atoms with Crippen LogP contribution in [-0.2, 0) is 17.6 Å². The number of hydrogen-bond acceptors (Lipinski definition) is 2. The molecule has 0 saturated carbocycles. The molecule has 4 aromatic carbocycles. The number of benzene rings is 4. The van der Waals surface area contributed by atoms with Crippen molar-refractivity contribution in [2.24, 2.45) is 0 Å². The summed E-state index contributed by atoms with van der Waals surface area (Å²) in [6, 6.07) is 32.4. The number of carbonyl (C=O) groups excluding carboxylic acids is 1. The summed E-state index contributed by atoms with van der Waals surface area (Å²) in [5.41, 5.74) is 3.24. The fourth-order valence-electron chi connectivity index (χ4n) is 4.02. The van der Waals surface area contributed by atoms with Gasteiger partial charge in [0.2, 0.25) is 5.91 Å². The van der Waals surface area contributed by atoms with Crippen molar-refractivity contribution < 1.29 is 4.79 Å². The monoisotopic (exact) mass is 442 g/mol. The highest BCUT2D eigenvalue weighted by molar-refractivity contribution is 6.30. The Morgan fingerprint density at radius 1 is 0.844 bits per heavy atom. The first-order valence-electron chi connectivity index (χ1n) is 10.8. The van der Waals surface area contributed by atoms with Gasteiger partial charge in [-0.1, -0.05) is 90.5 Å². The van der Waals surface area contributed by atoms with E-state index in [9.17, 15) is 4.79 Å². The summed E-state index contributed by atoms with van der Waals surface area (Å²) < 4.78 is 0. The van der Waals surface area contributed by atoms with Crippen molar-refractivity contribution in [3.05, 3.63) is 113 Å². The molecule has 1 N–H and O–H groups in total. The third-order valence-electron chi connectivity index (χ3n) is 5.61. The van der Waals surface area contributed by atoms with Gasteiger partial charge in [0.25, 0.3) is 0 Å². The maximum atomic E-state index is 13.0. The second kappa shape index (κ2) is 10.3. The van der Waals surface area contributed by atoms with Crippen LogP contribution in [0.2, 0.25) is 5.02 Å². The van der Waals surface area contributed by atoms with E-state index >= 15 is 0 Å². The molecule has 162 valence electrons. The van der Waals surface area contributed by atoms with Crippen LogP contribution in [0, 0.1) is 0 Å². The average molecular weight is 443 g/mol. The first-order chi connectivity index (χ1) is 15.6. The molecule has 0 saturated heterocycles. The molecule has 32 heavy (non-hydrogen) atoms. The minimum absolute atomic E-state index is 0.0284. The van der Waals surface area contributed by atoms with Crippen LogP contribution in [-0.4, -0.2) is 25.5 Å². The SMILES string of the molecule is CN(C[C@H](Cc1ccccc1)NC(=O)Cc1ccc2ccccc2c1)c1cccc(Cl)c1. The lowest BCUT2D eigenvalue weighted by Crippen LogP contribution is -2.44. The predicted molar refractivity (Wildman–Crippen MR) is 134 cm³/mol. The van der Waals surface area contributed by atoms with E-state index in [1.54, 1.807) is 0 Å². The van der Waals surface area contributed by atoms with E-state index in [-0.39, 0.29) is 11.9 Å². The number of carbonyl (C=O) groups is 1. The average Bonchev–Trinajstić information content (AvgIpc) is 2.79. The number of rotatable bonds is 8. The summed E-state index contributed by atoms with van der Waals surface area (Å²) in [5, 5.41) is 6.30. The van der Waals surface area contributed by atoms with Gasteiger partial charge in [0.05, 0.1) is 12.5 Å². The van der Waals surface area contributed by atoms with Crippen LogP contribution < -0.4 is 10.2 Å². The maximum Gasteiger partial charge on any atom is 0.224 e. The molecule has 4 heteroatoms. The number of hydrogen-bond donors (Lipinski definition) is 1. The zero-order valence-electron chi connectivity index (χ0n) is 18.2. The van der Waals surface area contributed by atoms with Crippen molar-refractivity contribution >= 4 is 34.0 Å². The van der Waals surface area contributed by atoms with Crippen LogP contribution in [0.25, 0.3) is 10.8 Å². The van der Waals surface area contributed by atoms with Gasteiger partial charge in [0, 0.05) is 24.3 Å². The standard InChI is InChI=1S/C28H27ClN2O/c1-31(27-13-7-12-25(29)19-27)20-26(17-21-8-3-2-4-9-21)30-28(32)18-22-14-15-23-10-5-6-11-24(23)16-22/h2-16,19,26H,17-18,20H2,1H3,(H,30,32)/t26-/m0/s1. The summed E-state index contributed by atoms with van der Waals surface area (Å²) in [4.78, 5) is 15.1. The van der Waals surface area contributed by atoms with Crippen LogP contribution in [0.3, 0.4) is 0 Å². The lowest BCUT2D eigenvalue weighted by Gasteiger charge is -2.27. The molecule has 0 fully saturated rings. The smallest absolute Gasteiger partial charge is 0.224 e. The van der Waals surface area contributed by atoms with E-state index in [2.05, 4.69) is 46.6 Å². The fourth-order valence-corrected chi connectivity index (χ4v) is 4.21. The maximum absolute atomic E-state index is 13.0. The van der Waals surface area contributed by atoms with Crippen molar-refractivity contribution in [3.63, 3.8) is 0 Å². The van der Waals surface area contributed by atoms with Gasteiger partial charge in [0.15, 0.2) is 0 Å². The number of nitrogens with zero attached hydrogens (tertiary/aromatic N) is 1. The molecule has 0 bridgehead atoms. The predicted octanol–water partition coefficient (Wildman–Crippen LogP) is 5.90. The highest BCUT2D eigenvalue weighted by atomic mass is 35.5. The van der Waals surface area contributed by atoms with Crippen LogP contribution in [0.4, 0.5) is 5.69 Å². The minimum atomic E-state index is -0.0330. The van der Waals surface area contributed by atoms with Gasteiger partial charge < -0.3 is 10.2 Å². The molecular weight excluding hydrogens is 416 g/mol. The normalized spacial score (nSPS) is 11.8. The Morgan fingerprint density at radius 2 is 1.59 bits per heavy atom. The molecule has 0 aliphatic heterocycles. The Hall–Kier alpha value is -3.30. The van der Waals surface area contributed by atoms with Crippen LogP contribution in [0.1, 0.15) is 11.1 Å². The molecule has 0 aliphatic carbocycles. The van der Waals surface area contributed by atoms with Gasteiger partial charge in [0.1, 0.15) is 0 Å². The van der Waals surface area contributed by atoms with Crippen LogP contribution >= 0.6 is 11.6 Å². The van der Waals surface area contributed by atoms with Crippen LogP contribution in [0.15, 0.2) is 97.1 Å². The van der Waals surface area contributed by atoms with E-state index in [0.29, 0.717) is 18.0 Å². The number of anilines is 1. The lowest BCUT2D eigenvalue weighted by atomic mass is 10.0. The fraction of sp³-hybridized carbons (Fsp3) is 0.179. The number of nitrogens with one attached hydrogen (secondary N) is 1. The van der Waals surface area contributed by atoms with Gasteiger partial charge in [-0.25, -0.2) is 0 Å². The Kier molecular flexibility index (Phi) is 7.08. The third-order valence-corrected chi connectivity index (χ3v) is 5.85. The van der Waals surface area contributed by atoms with Gasteiger partial charge in [-0.15, -0.1) is 0 Å². The largest absolute Gasteiger partial charge is 0.372 e. The molecule has 0 radical (unpaired) electrons. The molecule has 0 aromatic heterocycles. The van der Waals surface area contributed by atoms with Crippen molar-refractivity contribution in [1.82, 2.24) is 5.32 Å². The summed E-state index contributed by atoms with van der Waals surface area (Å²) in [6.07, 6.45) is 1.12. The van der Waals surface area contributed by atoms with E-state index < -0.39 is 0 Å². The lowest BCUT2D eigenvalue weighted by molar-refractivity contribution is -0.121. The second-order valence-corrected chi connectivity index (χ2v) is 8.61. The van der Waals surface area contributed by atoms with Crippen molar-refractivity contribution in [1.29, 1.82) is 0 Å². The summed E-state index contributed by atoms with van der Waals surface area (Å²) in [5.74, 6) is 0.0284. The molecule has 0 heterocycles. The van der Waals surface area contributed by atoms with Gasteiger partial charge in [-0.05, 0) is 46.5 Å². The summed E-state index contributed by atoms with van der Waals surface area (Å²) in [6.45, 7) is 0.679. The van der Waals surface area contributed by atoms with Crippen molar-refractivity contribution in [2.75, 3.05) is 18.5 Å². The molecule has 4 aromatic rings. The zero-order valence-corrected chi connectivity index (χ0v) is 18.9. The number of fused-ring (bicyclic) bond motifs is 1. The first kappa shape index (κ1) is 21.9. The van der Waals surface area contributed by atoms with E-state index in [0.717, 1.165) is 23.1 Å². The van der Waals surface area contributed by atoms with Gasteiger partial charge in [-0.2, -0.15) is 0 Å². The third kappa shape index (κ3) is 5.89. The van der Waals surface area contributed by atoms with Gasteiger partial charge in [-0.3, -0.25) is 4.79 Å². The topological polar surface area (TPSA) is 32.3 Å². The number of halogens is 1. The molecule has 1 amide bonds. The highest BCUT2D eigenvalue weighted by Gasteiger charge is 2.17. The van der Waals surface area contributed by atoms with Crippen molar-refractivity contribution in [2.45, 2.75) is 18.9 Å². The molecule has 0 unspecified atom stereocenters. The van der Waals surface area contributed by atoms with Crippen LogP contribution in [0.5, 0.6) is 0 Å². The van der Waals surface area contributed by atoms with E-state index in [1.807, 2.05) is 67.7 Å². The Balaban J connectivity index is 1.47. The minimum Gasteiger partial charge on any atom is -0.372 e. The molecule has 0 aliphatic rings. The number of likely N-dealkylation sites (N-methyl/N-ethyl adjacent to an activating group) is 1. The molecule has 0 spiro atoms.